The van der Waals surface area contributed by atoms with Gasteiger partial charge in [-0.2, -0.15) is 0 Å². The molecular formula is C12H19NO4. The van der Waals surface area contributed by atoms with Gasteiger partial charge in [0, 0.05) is 19.0 Å². The number of hydrogen-bond acceptors (Lipinski definition) is 5. The lowest BCUT2D eigenvalue weighted by atomic mass is 10.2. The Bertz CT molecular complexity index is 331. The molecule has 96 valence electrons. The highest BCUT2D eigenvalue weighted by Gasteiger charge is 2.15. The molecule has 0 aromatic rings. The lowest BCUT2D eigenvalue weighted by Gasteiger charge is -2.13. The number of carbonyl (C=O) groups excluding carboxylic acids is 2. The van der Waals surface area contributed by atoms with Crippen molar-refractivity contribution in [2.75, 3.05) is 27.7 Å². The quantitative estimate of drug-likeness (QED) is 0.396. The highest BCUT2D eigenvalue weighted by atomic mass is 16.5. The Kier molecular flexibility index (Phi) is 6.89. The molecule has 0 amide bonds. The molecule has 0 aliphatic heterocycles. The van der Waals surface area contributed by atoms with Crippen molar-refractivity contribution in [3.05, 3.63) is 24.0 Å². The zero-order chi connectivity index (χ0) is 13.4. The van der Waals surface area contributed by atoms with Crippen molar-refractivity contribution in [1.29, 1.82) is 0 Å². The third-order valence-electron chi connectivity index (χ3n) is 2.09. The predicted octanol–water partition coefficient (Wildman–Crippen LogP) is 1.11. The minimum atomic E-state index is -0.581. The molecule has 0 aromatic carbocycles. The fourth-order valence-electron chi connectivity index (χ4n) is 1.07. The van der Waals surface area contributed by atoms with Crippen LogP contribution in [0.2, 0.25) is 0 Å². The molecule has 0 saturated carbocycles. The highest BCUT2D eigenvalue weighted by molar-refractivity contribution is 5.89. The molecule has 0 aromatic heterocycles. The molecule has 0 aliphatic carbocycles. The molecule has 0 unspecified atom stereocenters. The van der Waals surface area contributed by atoms with Crippen molar-refractivity contribution < 1.29 is 19.1 Å². The van der Waals surface area contributed by atoms with Gasteiger partial charge in [0.1, 0.15) is 5.76 Å². The number of nitrogens with zero attached hydrogens (tertiary/aromatic N) is 1. The molecular weight excluding hydrogens is 222 g/mol. The topological polar surface area (TPSA) is 55.8 Å². The van der Waals surface area contributed by atoms with E-state index in [2.05, 4.69) is 11.3 Å². The second-order valence-corrected chi connectivity index (χ2v) is 3.72. The number of rotatable bonds is 6. The Hall–Kier alpha value is -1.62. The van der Waals surface area contributed by atoms with Crippen molar-refractivity contribution in [3.63, 3.8) is 0 Å². The van der Waals surface area contributed by atoms with Crippen LogP contribution in [-0.4, -0.2) is 44.6 Å². The third kappa shape index (κ3) is 5.87. The first-order chi connectivity index (χ1) is 7.92. The van der Waals surface area contributed by atoms with Crippen LogP contribution in [0.4, 0.5) is 0 Å². The van der Waals surface area contributed by atoms with E-state index in [-0.39, 0.29) is 0 Å². The van der Waals surface area contributed by atoms with Gasteiger partial charge in [-0.15, -0.1) is 0 Å². The smallest absolute Gasteiger partial charge is 0.336 e. The number of ether oxygens (including phenoxy) is 2. The number of esters is 2. The molecule has 0 fully saturated rings. The van der Waals surface area contributed by atoms with Gasteiger partial charge in [0.05, 0.1) is 12.7 Å². The van der Waals surface area contributed by atoms with Crippen molar-refractivity contribution in [3.8, 4) is 0 Å². The van der Waals surface area contributed by atoms with Gasteiger partial charge in [-0.25, -0.2) is 9.59 Å². The molecule has 0 aliphatic rings. The monoisotopic (exact) mass is 241 g/mol. The van der Waals surface area contributed by atoms with E-state index in [1.807, 2.05) is 19.0 Å². The number of carbonyl (C=O) groups is 2. The van der Waals surface area contributed by atoms with Gasteiger partial charge in [-0.3, -0.25) is 0 Å². The number of hydrogen-bond donors (Lipinski definition) is 0. The van der Waals surface area contributed by atoms with Crippen LogP contribution < -0.4 is 0 Å². The lowest BCUT2D eigenvalue weighted by molar-refractivity contribution is -0.137. The average Bonchev–Trinajstić information content (AvgIpc) is 2.31. The van der Waals surface area contributed by atoms with Crippen LogP contribution in [0.1, 0.15) is 13.3 Å². The zero-order valence-corrected chi connectivity index (χ0v) is 10.8. The average molecular weight is 241 g/mol. The summed E-state index contributed by atoms with van der Waals surface area (Å²) in [5, 5.41) is 0. The van der Waals surface area contributed by atoms with Crippen LogP contribution in [0.15, 0.2) is 24.0 Å². The van der Waals surface area contributed by atoms with Crippen molar-refractivity contribution in [1.82, 2.24) is 4.90 Å². The predicted molar refractivity (Wildman–Crippen MR) is 64.2 cm³/mol. The largest absolute Gasteiger partial charge is 0.466 e. The maximum absolute atomic E-state index is 11.4. The highest BCUT2D eigenvalue weighted by Crippen LogP contribution is 2.13. The van der Waals surface area contributed by atoms with E-state index in [4.69, 9.17) is 4.74 Å². The Morgan fingerprint density at radius 3 is 2.35 bits per heavy atom. The minimum Gasteiger partial charge on any atom is -0.466 e. The summed E-state index contributed by atoms with van der Waals surface area (Å²) in [6.45, 7) is 5.53. The Morgan fingerprint density at radius 1 is 1.35 bits per heavy atom. The molecule has 0 N–H and O–H groups in total. The molecule has 0 bridgehead atoms. The van der Waals surface area contributed by atoms with Gasteiger partial charge in [0.15, 0.2) is 0 Å². The van der Waals surface area contributed by atoms with Gasteiger partial charge in [-0.1, -0.05) is 6.58 Å². The maximum atomic E-state index is 11.4. The SMILES string of the molecule is C=CC(=O)OC(CCN(C)C)=C(C)C(=O)OC. The molecule has 17 heavy (non-hydrogen) atoms. The van der Waals surface area contributed by atoms with Crippen LogP contribution in [0, 0.1) is 0 Å². The summed E-state index contributed by atoms with van der Waals surface area (Å²) in [5.74, 6) is -0.770. The lowest BCUT2D eigenvalue weighted by Crippen LogP contribution is -2.17. The van der Waals surface area contributed by atoms with E-state index in [1.165, 1.54) is 7.11 Å². The second-order valence-electron chi connectivity index (χ2n) is 3.72. The molecule has 0 heterocycles. The molecule has 0 atom stereocenters. The van der Waals surface area contributed by atoms with Crippen LogP contribution in [-0.2, 0) is 19.1 Å². The molecule has 0 saturated heterocycles. The van der Waals surface area contributed by atoms with Gasteiger partial charge in [-0.05, 0) is 21.0 Å². The van der Waals surface area contributed by atoms with E-state index in [9.17, 15) is 9.59 Å². The van der Waals surface area contributed by atoms with E-state index in [0.717, 1.165) is 6.08 Å². The fraction of sp³-hybridized carbons (Fsp3) is 0.500. The summed E-state index contributed by atoms with van der Waals surface area (Å²) < 4.78 is 9.62. The van der Waals surface area contributed by atoms with Crippen LogP contribution >= 0.6 is 0 Å². The van der Waals surface area contributed by atoms with E-state index in [1.54, 1.807) is 6.92 Å². The van der Waals surface area contributed by atoms with Gasteiger partial charge < -0.3 is 14.4 Å². The summed E-state index contributed by atoms with van der Waals surface area (Å²) in [6.07, 6.45) is 1.51. The summed E-state index contributed by atoms with van der Waals surface area (Å²) >= 11 is 0. The first-order valence-corrected chi connectivity index (χ1v) is 5.19. The van der Waals surface area contributed by atoms with E-state index in [0.29, 0.717) is 24.3 Å². The molecule has 5 nitrogen and oxygen atoms in total. The van der Waals surface area contributed by atoms with E-state index < -0.39 is 11.9 Å². The van der Waals surface area contributed by atoms with Gasteiger partial charge in [0.25, 0.3) is 0 Å². The fourth-order valence-corrected chi connectivity index (χ4v) is 1.07. The van der Waals surface area contributed by atoms with Crippen LogP contribution in [0.3, 0.4) is 0 Å². The Morgan fingerprint density at radius 2 is 1.94 bits per heavy atom. The van der Waals surface area contributed by atoms with Crippen LogP contribution in [0.5, 0.6) is 0 Å². The first-order valence-electron chi connectivity index (χ1n) is 5.19. The molecule has 0 rings (SSSR count). The zero-order valence-electron chi connectivity index (χ0n) is 10.8. The second kappa shape index (κ2) is 7.62. The third-order valence-corrected chi connectivity index (χ3v) is 2.09. The standard InChI is InChI=1S/C12H19NO4/c1-6-11(14)17-10(7-8-13(3)4)9(2)12(15)16-5/h6H,1,7-8H2,2-5H3. The maximum Gasteiger partial charge on any atom is 0.336 e. The normalized spacial score (nSPS) is 11.8. The summed E-state index contributed by atoms with van der Waals surface area (Å²) in [7, 11) is 5.06. The van der Waals surface area contributed by atoms with Crippen molar-refractivity contribution in [2.24, 2.45) is 0 Å². The minimum absolute atomic E-state index is 0.296. The Labute approximate surface area is 102 Å². The van der Waals surface area contributed by atoms with E-state index >= 15 is 0 Å². The summed E-state index contributed by atoms with van der Waals surface area (Å²) in [4.78, 5) is 24.4. The van der Waals surface area contributed by atoms with Crippen LogP contribution in [0.25, 0.3) is 0 Å². The molecule has 0 spiro atoms. The molecule has 5 heteroatoms. The first kappa shape index (κ1) is 15.4. The summed E-state index contributed by atoms with van der Waals surface area (Å²) in [5.41, 5.74) is 0.296. The number of methoxy groups -OCH3 is 1. The summed E-state index contributed by atoms with van der Waals surface area (Å²) in [6, 6.07) is 0. The Balaban J connectivity index is 4.88. The van der Waals surface area contributed by atoms with Gasteiger partial charge in [0.2, 0.25) is 0 Å². The van der Waals surface area contributed by atoms with Gasteiger partial charge >= 0.3 is 11.9 Å². The molecule has 0 radical (unpaired) electrons. The van der Waals surface area contributed by atoms with Crippen molar-refractivity contribution in [2.45, 2.75) is 13.3 Å². The van der Waals surface area contributed by atoms with Crippen molar-refractivity contribution >= 4 is 11.9 Å².